The highest BCUT2D eigenvalue weighted by Crippen LogP contribution is 2.33. The highest BCUT2D eigenvalue weighted by molar-refractivity contribution is 7.17. The maximum atomic E-state index is 11.3. The van der Waals surface area contributed by atoms with Gasteiger partial charge in [0, 0.05) is 13.1 Å². The third-order valence-electron chi connectivity index (χ3n) is 3.48. The van der Waals surface area contributed by atoms with E-state index in [1.54, 1.807) is 0 Å². The Kier molecular flexibility index (Phi) is 3.44. The number of nitrogens with zero attached hydrogens (tertiary/aromatic N) is 2. The second-order valence-corrected chi connectivity index (χ2v) is 5.93. The van der Waals surface area contributed by atoms with Gasteiger partial charge in [-0.2, -0.15) is 0 Å². The van der Waals surface area contributed by atoms with E-state index >= 15 is 0 Å². The van der Waals surface area contributed by atoms with E-state index in [0.717, 1.165) is 36.8 Å². The zero-order chi connectivity index (χ0) is 14.1. The smallest absolute Gasteiger partial charge is 0.347 e. The topological polar surface area (TPSA) is 53.4 Å². The van der Waals surface area contributed by atoms with Crippen LogP contribution in [0.5, 0.6) is 0 Å². The van der Waals surface area contributed by atoms with Crippen LogP contribution < -0.4 is 4.90 Å². The van der Waals surface area contributed by atoms with Gasteiger partial charge in [0.05, 0.1) is 5.69 Å². The Labute approximate surface area is 121 Å². The molecule has 5 heteroatoms. The fourth-order valence-electron chi connectivity index (χ4n) is 2.52. The van der Waals surface area contributed by atoms with Crippen molar-refractivity contribution in [3.05, 3.63) is 46.0 Å². The van der Waals surface area contributed by atoms with Crippen LogP contribution in [0.3, 0.4) is 0 Å². The molecular weight excluding hydrogens is 272 g/mol. The maximum Gasteiger partial charge on any atom is 0.347 e. The number of benzene rings is 1. The Morgan fingerprint density at radius 3 is 2.55 bits per heavy atom. The maximum absolute atomic E-state index is 11.3. The van der Waals surface area contributed by atoms with Crippen molar-refractivity contribution in [3.63, 3.8) is 0 Å². The molecule has 1 N–H and O–H groups in total. The van der Waals surface area contributed by atoms with Crippen LogP contribution >= 0.6 is 11.3 Å². The Morgan fingerprint density at radius 2 is 2.00 bits per heavy atom. The molecule has 4 nitrogen and oxygen atoms in total. The largest absolute Gasteiger partial charge is 0.477 e. The standard InChI is InChI=1S/C15H16N2O2S/c1-2-5-12-13(14(18)19)20-15(16-12)17-8-10-6-3-4-7-11(10)9-17/h3-4,6-7H,2,5,8-9H2,1H3,(H,18,19). The molecule has 2 aromatic rings. The first-order chi connectivity index (χ1) is 9.69. The number of carboxylic acid groups (broad SMARTS) is 1. The Bertz CT molecular complexity index is 626. The van der Waals surface area contributed by atoms with Crippen molar-refractivity contribution < 1.29 is 9.90 Å². The van der Waals surface area contributed by atoms with E-state index in [1.807, 2.05) is 19.1 Å². The molecule has 0 spiro atoms. The summed E-state index contributed by atoms with van der Waals surface area (Å²) in [6.07, 6.45) is 1.63. The van der Waals surface area contributed by atoms with Crippen LogP contribution in [-0.4, -0.2) is 16.1 Å². The molecule has 2 heterocycles. The van der Waals surface area contributed by atoms with Crippen molar-refractivity contribution in [1.82, 2.24) is 4.98 Å². The second kappa shape index (κ2) is 5.25. The summed E-state index contributed by atoms with van der Waals surface area (Å²) < 4.78 is 0. The Hall–Kier alpha value is -1.88. The van der Waals surface area contributed by atoms with Crippen LogP contribution in [0.1, 0.15) is 39.8 Å². The van der Waals surface area contributed by atoms with Crippen LogP contribution in [0.4, 0.5) is 5.13 Å². The van der Waals surface area contributed by atoms with Crippen molar-refractivity contribution in [2.75, 3.05) is 4.90 Å². The van der Waals surface area contributed by atoms with Gasteiger partial charge in [-0.15, -0.1) is 0 Å². The monoisotopic (exact) mass is 288 g/mol. The highest BCUT2D eigenvalue weighted by atomic mass is 32.1. The van der Waals surface area contributed by atoms with Gasteiger partial charge in [0.25, 0.3) is 0 Å². The zero-order valence-electron chi connectivity index (χ0n) is 11.3. The third-order valence-corrected chi connectivity index (χ3v) is 4.62. The molecule has 0 saturated carbocycles. The summed E-state index contributed by atoms with van der Waals surface area (Å²) in [4.78, 5) is 18.4. The number of carbonyl (C=O) groups is 1. The minimum atomic E-state index is -0.867. The van der Waals surface area contributed by atoms with E-state index in [1.165, 1.54) is 22.5 Å². The summed E-state index contributed by atoms with van der Waals surface area (Å²) >= 11 is 1.29. The first-order valence-electron chi connectivity index (χ1n) is 6.73. The molecule has 0 amide bonds. The fourth-order valence-corrected chi connectivity index (χ4v) is 3.47. The summed E-state index contributed by atoms with van der Waals surface area (Å²) in [5, 5.41) is 10.1. The molecule has 0 bridgehead atoms. The van der Waals surface area contributed by atoms with Crippen LogP contribution in [0.2, 0.25) is 0 Å². The number of anilines is 1. The molecule has 0 atom stereocenters. The van der Waals surface area contributed by atoms with E-state index in [4.69, 9.17) is 0 Å². The van der Waals surface area contributed by atoms with E-state index in [-0.39, 0.29) is 0 Å². The molecule has 0 saturated heterocycles. The summed E-state index contributed by atoms with van der Waals surface area (Å²) in [7, 11) is 0. The minimum Gasteiger partial charge on any atom is -0.477 e. The molecule has 3 rings (SSSR count). The molecule has 1 aromatic carbocycles. The normalized spacial score (nSPS) is 13.6. The highest BCUT2D eigenvalue weighted by Gasteiger charge is 2.24. The third kappa shape index (κ3) is 2.29. The minimum absolute atomic E-state index is 0.387. The van der Waals surface area contributed by atoms with Gasteiger partial charge in [0.15, 0.2) is 5.13 Å². The van der Waals surface area contributed by atoms with Crippen LogP contribution in [0, 0.1) is 0 Å². The SMILES string of the molecule is CCCc1nc(N2Cc3ccccc3C2)sc1C(=O)O. The lowest BCUT2D eigenvalue weighted by molar-refractivity contribution is 0.0700. The van der Waals surface area contributed by atoms with Crippen molar-refractivity contribution in [2.24, 2.45) is 0 Å². The molecule has 1 aliphatic rings. The first-order valence-corrected chi connectivity index (χ1v) is 7.55. The quantitative estimate of drug-likeness (QED) is 0.937. The Balaban J connectivity index is 1.89. The van der Waals surface area contributed by atoms with Crippen LogP contribution in [0.15, 0.2) is 24.3 Å². The number of thiazole rings is 1. The molecule has 20 heavy (non-hydrogen) atoms. The molecule has 1 aromatic heterocycles. The van der Waals surface area contributed by atoms with Gasteiger partial charge >= 0.3 is 5.97 Å². The predicted octanol–water partition coefficient (Wildman–Crippen LogP) is 3.31. The lowest BCUT2D eigenvalue weighted by Gasteiger charge is -2.12. The molecule has 0 aliphatic carbocycles. The van der Waals surface area contributed by atoms with E-state index in [9.17, 15) is 9.90 Å². The number of aromatic carboxylic acids is 1. The van der Waals surface area contributed by atoms with Gasteiger partial charge in [0.1, 0.15) is 4.88 Å². The van der Waals surface area contributed by atoms with E-state index in [0.29, 0.717) is 4.88 Å². The van der Waals surface area contributed by atoms with Crippen LogP contribution in [-0.2, 0) is 19.5 Å². The van der Waals surface area contributed by atoms with Crippen molar-refractivity contribution >= 4 is 22.4 Å². The first kappa shape index (κ1) is 13.1. The molecule has 0 radical (unpaired) electrons. The molecule has 0 fully saturated rings. The Morgan fingerprint density at radius 1 is 1.35 bits per heavy atom. The average molecular weight is 288 g/mol. The number of hydrogen-bond acceptors (Lipinski definition) is 4. The fraction of sp³-hybridized carbons (Fsp3) is 0.333. The lowest BCUT2D eigenvalue weighted by atomic mass is 10.1. The van der Waals surface area contributed by atoms with Gasteiger partial charge in [-0.3, -0.25) is 0 Å². The van der Waals surface area contributed by atoms with Gasteiger partial charge in [0.2, 0.25) is 0 Å². The van der Waals surface area contributed by atoms with Gasteiger partial charge < -0.3 is 10.0 Å². The number of hydrogen-bond donors (Lipinski definition) is 1. The summed E-state index contributed by atoms with van der Waals surface area (Å²) in [6.45, 7) is 3.67. The number of fused-ring (bicyclic) bond motifs is 1. The summed E-state index contributed by atoms with van der Waals surface area (Å²) in [5.41, 5.74) is 3.32. The summed E-state index contributed by atoms with van der Waals surface area (Å²) in [6, 6.07) is 8.31. The molecule has 104 valence electrons. The number of carboxylic acids is 1. The molecular formula is C15H16N2O2S. The summed E-state index contributed by atoms with van der Waals surface area (Å²) in [5.74, 6) is -0.867. The average Bonchev–Trinajstić information content (AvgIpc) is 3.02. The number of rotatable bonds is 4. The van der Waals surface area contributed by atoms with Gasteiger partial charge in [-0.1, -0.05) is 48.9 Å². The lowest BCUT2D eigenvalue weighted by Crippen LogP contribution is -2.14. The number of aromatic nitrogens is 1. The zero-order valence-corrected chi connectivity index (χ0v) is 12.1. The van der Waals surface area contributed by atoms with Crippen molar-refractivity contribution in [1.29, 1.82) is 0 Å². The van der Waals surface area contributed by atoms with E-state index < -0.39 is 5.97 Å². The number of aryl methyl sites for hydroxylation is 1. The molecule has 0 unspecified atom stereocenters. The predicted molar refractivity (Wildman–Crippen MR) is 79.4 cm³/mol. The van der Waals surface area contributed by atoms with Crippen LogP contribution in [0.25, 0.3) is 0 Å². The van der Waals surface area contributed by atoms with Crippen molar-refractivity contribution in [2.45, 2.75) is 32.9 Å². The molecule has 1 aliphatic heterocycles. The van der Waals surface area contributed by atoms with E-state index in [2.05, 4.69) is 22.0 Å². The van der Waals surface area contributed by atoms with Crippen molar-refractivity contribution in [3.8, 4) is 0 Å². The van der Waals surface area contributed by atoms with Gasteiger partial charge in [-0.25, -0.2) is 9.78 Å². The second-order valence-electron chi connectivity index (χ2n) is 4.95. The van der Waals surface area contributed by atoms with Gasteiger partial charge in [-0.05, 0) is 17.5 Å².